The second kappa shape index (κ2) is 4.65. The molecule has 0 fully saturated rings. The molecule has 0 aromatic carbocycles. The predicted molar refractivity (Wildman–Crippen MR) is 55.2 cm³/mol. The fraction of sp³-hybridized carbons (Fsp3) is 0.300. The van der Waals surface area contributed by atoms with E-state index in [1.165, 1.54) is 0 Å². The molecule has 78 valence electrons. The highest BCUT2D eigenvalue weighted by Crippen LogP contribution is 2.15. The van der Waals surface area contributed by atoms with Crippen LogP contribution in [0.1, 0.15) is 5.89 Å². The molecule has 0 unspecified atom stereocenters. The first-order chi connectivity index (χ1) is 7.40. The Morgan fingerprint density at radius 1 is 1.40 bits per heavy atom. The summed E-state index contributed by atoms with van der Waals surface area (Å²) in [5, 5.41) is 10.9. The number of aromatic nitrogens is 3. The molecule has 2 aromatic rings. The maximum Gasteiger partial charge on any atom is 0.249 e. The molecule has 1 N–H and O–H groups in total. The van der Waals surface area contributed by atoms with Crippen LogP contribution in [0.5, 0.6) is 0 Å². The third-order valence-corrected chi connectivity index (χ3v) is 1.96. The van der Waals surface area contributed by atoms with Crippen molar-refractivity contribution in [3.05, 3.63) is 30.4 Å². The van der Waals surface area contributed by atoms with Gasteiger partial charge in [-0.1, -0.05) is 0 Å². The van der Waals surface area contributed by atoms with E-state index in [1.807, 2.05) is 19.2 Å². The molecule has 2 aromatic heterocycles. The molecule has 0 atom stereocenters. The maximum atomic E-state index is 5.47. The molecule has 0 aliphatic heterocycles. The summed E-state index contributed by atoms with van der Waals surface area (Å²) >= 11 is 0. The van der Waals surface area contributed by atoms with Crippen molar-refractivity contribution in [1.29, 1.82) is 0 Å². The Balaban J connectivity index is 2.14. The van der Waals surface area contributed by atoms with E-state index >= 15 is 0 Å². The monoisotopic (exact) mass is 204 g/mol. The highest BCUT2D eigenvalue weighted by atomic mass is 16.4. The number of rotatable bonds is 4. The standard InChI is InChI=1S/C10H12N4O/c1-11-6-4-9-13-14-10(15-9)8-3-2-5-12-7-8/h2-3,5,7,11H,4,6H2,1H3. The van der Waals surface area contributed by atoms with Crippen molar-refractivity contribution in [3.63, 3.8) is 0 Å². The van der Waals surface area contributed by atoms with Gasteiger partial charge in [-0.2, -0.15) is 0 Å². The van der Waals surface area contributed by atoms with Crippen molar-refractivity contribution < 1.29 is 4.42 Å². The number of likely N-dealkylation sites (N-methyl/N-ethyl adjacent to an activating group) is 1. The first-order valence-corrected chi connectivity index (χ1v) is 4.77. The Morgan fingerprint density at radius 3 is 3.07 bits per heavy atom. The molecule has 0 spiro atoms. The highest BCUT2D eigenvalue weighted by Gasteiger charge is 2.07. The minimum Gasteiger partial charge on any atom is -0.421 e. The Hall–Kier alpha value is -1.75. The van der Waals surface area contributed by atoms with Crippen LogP contribution < -0.4 is 5.32 Å². The lowest BCUT2D eigenvalue weighted by molar-refractivity contribution is 0.500. The van der Waals surface area contributed by atoms with E-state index in [0.717, 1.165) is 18.5 Å². The van der Waals surface area contributed by atoms with Crippen molar-refractivity contribution in [2.75, 3.05) is 13.6 Å². The van der Waals surface area contributed by atoms with Crippen LogP contribution in [0.25, 0.3) is 11.5 Å². The Labute approximate surface area is 87.6 Å². The molecule has 0 amide bonds. The summed E-state index contributed by atoms with van der Waals surface area (Å²) in [4.78, 5) is 3.99. The SMILES string of the molecule is CNCCc1nnc(-c2cccnc2)o1. The Kier molecular flexibility index (Phi) is 3.04. The lowest BCUT2D eigenvalue weighted by Crippen LogP contribution is -2.10. The molecular formula is C10H12N4O. The lowest BCUT2D eigenvalue weighted by atomic mass is 10.3. The summed E-state index contributed by atoms with van der Waals surface area (Å²) in [6.07, 6.45) is 4.15. The topological polar surface area (TPSA) is 63.8 Å². The van der Waals surface area contributed by atoms with Gasteiger partial charge in [0.25, 0.3) is 0 Å². The zero-order valence-electron chi connectivity index (χ0n) is 8.47. The van der Waals surface area contributed by atoms with Crippen LogP contribution in [-0.2, 0) is 6.42 Å². The van der Waals surface area contributed by atoms with Gasteiger partial charge >= 0.3 is 0 Å². The maximum absolute atomic E-state index is 5.47. The third-order valence-electron chi connectivity index (χ3n) is 1.96. The molecular weight excluding hydrogens is 192 g/mol. The minimum absolute atomic E-state index is 0.522. The summed E-state index contributed by atoms with van der Waals surface area (Å²) in [6, 6.07) is 3.73. The average Bonchev–Trinajstić information content (AvgIpc) is 2.76. The van der Waals surface area contributed by atoms with E-state index in [1.54, 1.807) is 12.4 Å². The second-order valence-electron chi connectivity index (χ2n) is 3.10. The number of hydrogen-bond donors (Lipinski definition) is 1. The molecule has 0 bridgehead atoms. The normalized spacial score (nSPS) is 10.5. The zero-order chi connectivity index (χ0) is 10.5. The van der Waals surface area contributed by atoms with Gasteiger partial charge in [0.1, 0.15) is 0 Å². The Morgan fingerprint density at radius 2 is 2.33 bits per heavy atom. The minimum atomic E-state index is 0.522. The molecule has 2 heterocycles. The molecule has 15 heavy (non-hydrogen) atoms. The van der Waals surface area contributed by atoms with Gasteiger partial charge in [-0.25, -0.2) is 0 Å². The number of pyridine rings is 1. The molecule has 2 rings (SSSR count). The van der Waals surface area contributed by atoms with Crippen molar-refractivity contribution in [2.45, 2.75) is 6.42 Å². The van der Waals surface area contributed by atoms with Crippen LogP contribution in [0.2, 0.25) is 0 Å². The van der Waals surface area contributed by atoms with E-state index in [-0.39, 0.29) is 0 Å². The molecule has 5 heteroatoms. The van der Waals surface area contributed by atoms with E-state index in [0.29, 0.717) is 11.8 Å². The van der Waals surface area contributed by atoms with Gasteiger partial charge in [-0.15, -0.1) is 10.2 Å². The van der Waals surface area contributed by atoms with E-state index in [4.69, 9.17) is 4.42 Å². The lowest BCUT2D eigenvalue weighted by Gasteiger charge is -1.93. The highest BCUT2D eigenvalue weighted by molar-refractivity contribution is 5.49. The molecule has 0 aliphatic rings. The summed E-state index contributed by atoms with van der Waals surface area (Å²) in [7, 11) is 1.89. The second-order valence-corrected chi connectivity index (χ2v) is 3.10. The molecule has 0 radical (unpaired) electrons. The van der Waals surface area contributed by atoms with Gasteiger partial charge in [0, 0.05) is 25.4 Å². The van der Waals surface area contributed by atoms with Crippen molar-refractivity contribution in [1.82, 2.24) is 20.5 Å². The molecule has 5 nitrogen and oxygen atoms in total. The summed E-state index contributed by atoms with van der Waals surface area (Å²) in [5.74, 6) is 1.16. The van der Waals surface area contributed by atoms with Gasteiger partial charge in [0.15, 0.2) is 0 Å². The largest absolute Gasteiger partial charge is 0.421 e. The fourth-order valence-corrected chi connectivity index (χ4v) is 1.19. The van der Waals surface area contributed by atoms with Crippen LogP contribution in [-0.4, -0.2) is 28.8 Å². The van der Waals surface area contributed by atoms with E-state index in [2.05, 4.69) is 20.5 Å². The van der Waals surface area contributed by atoms with Crippen LogP contribution >= 0.6 is 0 Å². The first kappa shape index (κ1) is 9.79. The average molecular weight is 204 g/mol. The molecule has 0 saturated carbocycles. The Bertz CT molecular complexity index is 412. The van der Waals surface area contributed by atoms with Crippen molar-refractivity contribution in [3.8, 4) is 11.5 Å². The quantitative estimate of drug-likeness (QED) is 0.801. The smallest absolute Gasteiger partial charge is 0.249 e. The predicted octanol–water partition coefficient (Wildman–Crippen LogP) is 0.894. The van der Waals surface area contributed by atoms with Crippen molar-refractivity contribution in [2.24, 2.45) is 0 Å². The number of nitrogens with one attached hydrogen (secondary N) is 1. The van der Waals surface area contributed by atoms with Crippen LogP contribution in [0.4, 0.5) is 0 Å². The summed E-state index contributed by atoms with van der Waals surface area (Å²) < 4.78 is 5.47. The van der Waals surface area contributed by atoms with Crippen LogP contribution in [0.3, 0.4) is 0 Å². The van der Waals surface area contributed by atoms with E-state index in [9.17, 15) is 0 Å². The van der Waals surface area contributed by atoms with Crippen LogP contribution in [0, 0.1) is 0 Å². The van der Waals surface area contributed by atoms with Crippen molar-refractivity contribution >= 4 is 0 Å². The summed E-state index contributed by atoms with van der Waals surface area (Å²) in [5.41, 5.74) is 0.848. The summed E-state index contributed by atoms with van der Waals surface area (Å²) in [6.45, 7) is 0.828. The number of nitrogens with zero attached hydrogens (tertiary/aromatic N) is 3. The van der Waals surface area contributed by atoms with Crippen LogP contribution in [0.15, 0.2) is 28.9 Å². The fourth-order valence-electron chi connectivity index (χ4n) is 1.19. The first-order valence-electron chi connectivity index (χ1n) is 4.77. The molecule has 0 aliphatic carbocycles. The number of hydrogen-bond acceptors (Lipinski definition) is 5. The van der Waals surface area contributed by atoms with E-state index < -0.39 is 0 Å². The van der Waals surface area contributed by atoms with Gasteiger partial charge in [0.2, 0.25) is 11.8 Å². The van der Waals surface area contributed by atoms with Gasteiger partial charge in [0.05, 0.1) is 5.56 Å². The van der Waals surface area contributed by atoms with Gasteiger partial charge < -0.3 is 9.73 Å². The molecule has 0 saturated heterocycles. The van der Waals surface area contributed by atoms with Gasteiger partial charge in [-0.05, 0) is 19.2 Å². The van der Waals surface area contributed by atoms with Gasteiger partial charge in [-0.3, -0.25) is 4.98 Å². The zero-order valence-corrected chi connectivity index (χ0v) is 8.47. The third kappa shape index (κ3) is 2.38.